The number of carbonyl (C=O) groups is 1. The smallest absolute Gasteiger partial charge is 0.219 e. The summed E-state index contributed by atoms with van der Waals surface area (Å²) in [5, 5.41) is 9.42. The minimum Gasteiger partial charge on any atom is -0.356 e. The molecule has 15 heavy (non-hydrogen) atoms. The lowest BCUT2D eigenvalue weighted by molar-refractivity contribution is -0.121. The van der Waals surface area contributed by atoms with Crippen LogP contribution in [0.5, 0.6) is 0 Å². The second-order valence-electron chi connectivity index (χ2n) is 3.49. The van der Waals surface area contributed by atoms with Gasteiger partial charge in [0.1, 0.15) is 12.2 Å². The Morgan fingerprint density at radius 1 is 1.53 bits per heavy atom. The van der Waals surface area contributed by atoms with Crippen molar-refractivity contribution in [3.8, 4) is 0 Å². The van der Waals surface area contributed by atoms with Crippen LogP contribution in [0.25, 0.3) is 0 Å². The average molecular weight is 210 g/mol. The van der Waals surface area contributed by atoms with E-state index in [1.54, 1.807) is 0 Å². The lowest BCUT2D eigenvalue weighted by atomic mass is 10.2. The zero-order valence-electron chi connectivity index (χ0n) is 9.12. The van der Waals surface area contributed by atoms with Gasteiger partial charge in [0.2, 0.25) is 5.91 Å². The van der Waals surface area contributed by atoms with Crippen LogP contribution in [0.15, 0.2) is 6.33 Å². The van der Waals surface area contributed by atoms with Gasteiger partial charge in [-0.1, -0.05) is 13.3 Å². The van der Waals surface area contributed by atoms with Crippen LogP contribution in [-0.4, -0.2) is 27.6 Å². The maximum Gasteiger partial charge on any atom is 0.219 e. The van der Waals surface area contributed by atoms with E-state index in [1.807, 2.05) is 0 Å². The predicted molar refractivity (Wildman–Crippen MR) is 57.2 cm³/mol. The predicted octanol–water partition coefficient (Wildman–Crippen LogP) is 1.04. The van der Waals surface area contributed by atoms with E-state index in [0.29, 0.717) is 13.0 Å². The molecule has 1 amide bonds. The molecule has 0 saturated carbocycles. The van der Waals surface area contributed by atoms with E-state index in [-0.39, 0.29) is 5.91 Å². The quantitative estimate of drug-likeness (QED) is 0.661. The molecule has 1 aromatic rings. The number of rotatable bonds is 7. The van der Waals surface area contributed by atoms with Crippen LogP contribution in [0.4, 0.5) is 0 Å². The van der Waals surface area contributed by atoms with E-state index in [0.717, 1.165) is 31.5 Å². The van der Waals surface area contributed by atoms with Crippen molar-refractivity contribution < 1.29 is 4.79 Å². The lowest BCUT2D eigenvalue weighted by Crippen LogP contribution is -2.24. The van der Waals surface area contributed by atoms with Crippen LogP contribution in [0.3, 0.4) is 0 Å². The molecule has 0 bridgehead atoms. The van der Waals surface area contributed by atoms with Crippen LogP contribution in [0, 0.1) is 0 Å². The summed E-state index contributed by atoms with van der Waals surface area (Å²) in [5.41, 5.74) is 0. The minimum absolute atomic E-state index is 0.148. The highest BCUT2D eigenvalue weighted by Gasteiger charge is 2.00. The van der Waals surface area contributed by atoms with Crippen molar-refractivity contribution in [2.75, 3.05) is 6.54 Å². The number of nitrogens with one attached hydrogen (secondary N) is 2. The van der Waals surface area contributed by atoms with Gasteiger partial charge < -0.3 is 5.32 Å². The molecule has 84 valence electrons. The van der Waals surface area contributed by atoms with Gasteiger partial charge in [-0.25, -0.2) is 4.98 Å². The molecule has 1 aromatic heterocycles. The number of nitrogens with zero attached hydrogens (tertiary/aromatic N) is 2. The zero-order valence-corrected chi connectivity index (χ0v) is 9.12. The summed E-state index contributed by atoms with van der Waals surface area (Å²) in [6.07, 6.45) is 5.88. The molecule has 0 aliphatic rings. The summed E-state index contributed by atoms with van der Waals surface area (Å²) < 4.78 is 0. The fourth-order valence-electron chi connectivity index (χ4n) is 1.26. The highest BCUT2D eigenvalue weighted by Crippen LogP contribution is 1.94. The Labute approximate surface area is 89.7 Å². The standard InChI is InChI=1S/C10H18N4O/c1-2-3-6-10(15)11-7-4-5-9-12-8-13-14-9/h8H,2-7H2,1H3,(H,11,15)(H,12,13,14). The third-order valence-corrected chi connectivity index (χ3v) is 2.13. The highest BCUT2D eigenvalue weighted by atomic mass is 16.1. The fraction of sp³-hybridized carbons (Fsp3) is 0.700. The van der Waals surface area contributed by atoms with Crippen molar-refractivity contribution >= 4 is 5.91 Å². The summed E-state index contributed by atoms with van der Waals surface area (Å²) in [4.78, 5) is 15.2. The Balaban J connectivity index is 1.99. The van der Waals surface area contributed by atoms with Gasteiger partial charge in [-0.2, -0.15) is 5.10 Å². The first-order valence-corrected chi connectivity index (χ1v) is 5.44. The van der Waals surface area contributed by atoms with Crippen molar-refractivity contribution in [1.82, 2.24) is 20.5 Å². The molecule has 0 aliphatic heterocycles. The van der Waals surface area contributed by atoms with Gasteiger partial charge in [0.25, 0.3) is 0 Å². The molecule has 2 N–H and O–H groups in total. The van der Waals surface area contributed by atoms with E-state index in [1.165, 1.54) is 6.33 Å². The molecule has 5 heteroatoms. The lowest BCUT2D eigenvalue weighted by Gasteiger charge is -2.03. The van der Waals surface area contributed by atoms with Gasteiger partial charge in [-0.15, -0.1) is 0 Å². The van der Waals surface area contributed by atoms with Crippen LogP contribution >= 0.6 is 0 Å². The van der Waals surface area contributed by atoms with E-state index >= 15 is 0 Å². The number of unbranched alkanes of at least 4 members (excludes halogenated alkanes) is 1. The molecule has 0 radical (unpaired) electrons. The molecule has 0 aromatic carbocycles. The second kappa shape index (κ2) is 6.98. The first kappa shape index (κ1) is 11.7. The van der Waals surface area contributed by atoms with Gasteiger partial charge in [0.05, 0.1) is 0 Å². The Hall–Kier alpha value is -1.39. The summed E-state index contributed by atoms with van der Waals surface area (Å²) in [6, 6.07) is 0. The first-order chi connectivity index (χ1) is 7.33. The Morgan fingerprint density at radius 3 is 3.07 bits per heavy atom. The topological polar surface area (TPSA) is 70.7 Å². The van der Waals surface area contributed by atoms with Gasteiger partial charge >= 0.3 is 0 Å². The molecular weight excluding hydrogens is 192 g/mol. The van der Waals surface area contributed by atoms with Gasteiger partial charge in [0, 0.05) is 19.4 Å². The number of H-pyrrole nitrogens is 1. The van der Waals surface area contributed by atoms with Crippen LogP contribution in [-0.2, 0) is 11.2 Å². The maximum atomic E-state index is 11.2. The van der Waals surface area contributed by atoms with Crippen LogP contribution in [0.2, 0.25) is 0 Å². The first-order valence-electron chi connectivity index (χ1n) is 5.44. The van der Waals surface area contributed by atoms with Gasteiger partial charge in [-0.3, -0.25) is 9.89 Å². The molecule has 0 unspecified atom stereocenters. The van der Waals surface area contributed by atoms with Gasteiger partial charge in [0.15, 0.2) is 0 Å². The highest BCUT2D eigenvalue weighted by molar-refractivity contribution is 5.75. The van der Waals surface area contributed by atoms with E-state index in [4.69, 9.17) is 0 Å². The molecule has 0 spiro atoms. The zero-order chi connectivity index (χ0) is 10.9. The van der Waals surface area contributed by atoms with E-state index in [9.17, 15) is 4.79 Å². The Morgan fingerprint density at radius 2 is 2.40 bits per heavy atom. The SMILES string of the molecule is CCCCC(=O)NCCCc1ncn[nH]1. The maximum absolute atomic E-state index is 11.2. The molecule has 0 aliphatic carbocycles. The van der Waals surface area contributed by atoms with Crippen LogP contribution < -0.4 is 5.32 Å². The summed E-state index contributed by atoms with van der Waals surface area (Å²) in [5.74, 6) is 1.02. The van der Waals surface area contributed by atoms with E-state index < -0.39 is 0 Å². The van der Waals surface area contributed by atoms with Crippen molar-refractivity contribution in [2.24, 2.45) is 0 Å². The summed E-state index contributed by atoms with van der Waals surface area (Å²) >= 11 is 0. The number of carbonyl (C=O) groups excluding carboxylic acids is 1. The van der Waals surface area contributed by atoms with E-state index in [2.05, 4.69) is 27.4 Å². The number of aromatic nitrogens is 3. The number of aryl methyl sites for hydroxylation is 1. The minimum atomic E-state index is 0.148. The number of hydrogen-bond acceptors (Lipinski definition) is 3. The van der Waals surface area contributed by atoms with Crippen molar-refractivity contribution in [2.45, 2.75) is 39.0 Å². The molecular formula is C10H18N4O. The fourth-order valence-corrected chi connectivity index (χ4v) is 1.26. The van der Waals surface area contributed by atoms with Gasteiger partial charge in [-0.05, 0) is 12.8 Å². The molecule has 0 atom stereocenters. The normalized spacial score (nSPS) is 10.2. The molecule has 5 nitrogen and oxygen atoms in total. The Kier molecular flexibility index (Phi) is 5.43. The molecule has 1 rings (SSSR count). The third kappa shape index (κ3) is 5.15. The largest absolute Gasteiger partial charge is 0.356 e. The summed E-state index contributed by atoms with van der Waals surface area (Å²) in [6.45, 7) is 2.79. The molecule has 0 saturated heterocycles. The number of aromatic amines is 1. The average Bonchev–Trinajstić information content (AvgIpc) is 2.74. The number of amides is 1. The second-order valence-corrected chi connectivity index (χ2v) is 3.49. The van der Waals surface area contributed by atoms with Crippen molar-refractivity contribution in [3.63, 3.8) is 0 Å². The number of hydrogen-bond donors (Lipinski definition) is 2. The van der Waals surface area contributed by atoms with Crippen molar-refractivity contribution in [1.29, 1.82) is 0 Å². The van der Waals surface area contributed by atoms with Crippen LogP contribution in [0.1, 0.15) is 38.4 Å². The molecule has 1 heterocycles. The third-order valence-electron chi connectivity index (χ3n) is 2.13. The monoisotopic (exact) mass is 210 g/mol. The molecule has 0 fully saturated rings. The Bertz CT molecular complexity index is 271. The van der Waals surface area contributed by atoms with Crippen molar-refractivity contribution in [3.05, 3.63) is 12.2 Å². The summed E-state index contributed by atoms with van der Waals surface area (Å²) in [7, 11) is 0.